The molecule has 1 fully saturated rings. The highest BCUT2D eigenvalue weighted by molar-refractivity contribution is 7.80. The molecule has 4 N–H and O–H groups in total. The lowest BCUT2D eigenvalue weighted by atomic mass is 9.81. The van der Waals surface area contributed by atoms with Crippen LogP contribution in [0.3, 0.4) is 0 Å². The van der Waals surface area contributed by atoms with E-state index in [-0.39, 0.29) is 11.5 Å². The molecule has 1 amide bonds. The van der Waals surface area contributed by atoms with E-state index in [2.05, 4.69) is 10.3 Å². The Balaban J connectivity index is 2.17. The smallest absolute Gasteiger partial charge is 0.253 e. The Hall–Kier alpha value is -1.69. The van der Waals surface area contributed by atoms with Crippen molar-refractivity contribution in [3.63, 3.8) is 0 Å². The Morgan fingerprint density at radius 1 is 1.32 bits per heavy atom. The van der Waals surface area contributed by atoms with Crippen LogP contribution in [-0.4, -0.2) is 21.4 Å². The third-order valence-corrected chi connectivity index (χ3v) is 3.97. The van der Waals surface area contributed by atoms with Crippen LogP contribution in [0.2, 0.25) is 0 Å². The predicted molar refractivity (Wildman–Crippen MR) is 77.1 cm³/mol. The zero-order valence-corrected chi connectivity index (χ0v) is 11.4. The van der Waals surface area contributed by atoms with Gasteiger partial charge in [0.1, 0.15) is 0 Å². The minimum absolute atomic E-state index is 0.238. The Morgan fingerprint density at radius 3 is 2.53 bits per heavy atom. The summed E-state index contributed by atoms with van der Waals surface area (Å²) in [6.45, 7) is 0. The Bertz CT molecular complexity index is 527. The van der Waals surface area contributed by atoms with Gasteiger partial charge in [0, 0.05) is 12.3 Å². The molecule has 0 bridgehead atoms. The highest BCUT2D eigenvalue weighted by Crippen LogP contribution is 2.28. The standard InChI is InChI=1S/C13H17N3O2S/c14-12(19)13(6-2-1-3-7-13)16-11(18)9-4-5-10(17)15-8-9/h4-5,8H,1-3,6-7H2,(H2,14,19)(H,15,17)(H,16,18). The van der Waals surface area contributed by atoms with Crippen molar-refractivity contribution in [1.82, 2.24) is 10.3 Å². The van der Waals surface area contributed by atoms with Crippen LogP contribution in [0.4, 0.5) is 0 Å². The van der Waals surface area contributed by atoms with Crippen LogP contribution in [0.1, 0.15) is 42.5 Å². The molecule has 0 radical (unpaired) electrons. The second-order valence-corrected chi connectivity index (χ2v) is 5.34. The largest absolute Gasteiger partial charge is 0.391 e. The number of thiocarbonyl (C=S) groups is 1. The Morgan fingerprint density at radius 2 is 2.00 bits per heavy atom. The molecule has 1 aromatic rings. The molecule has 1 aliphatic carbocycles. The van der Waals surface area contributed by atoms with Crippen molar-refractivity contribution in [2.24, 2.45) is 5.73 Å². The van der Waals surface area contributed by atoms with Gasteiger partial charge in [0.2, 0.25) is 5.56 Å². The summed E-state index contributed by atoms with van der Waals surface area (Å²) in [6.07, 6.45) is 6.09. The van der Waals surface area contributed by atoms with Gasteiger partial charge in [0.05, 0.1) is 16.1 Å². The van der Waals surface area contributed by atoms with Gasteiger partial charge in [-0.05, 0) is 18.9 Å². The van der Waals surface area contributed by atoms with Crippen molar-refractivity contribution >= 4 is 23.1 Å². The van der Waals surface area contributed by atoms with Crippen molar-refractivity contribution in [2.75, 3.05) is 0 Å². The number of hydrogen-bond acceptors (Lipinski definition) is 3. The average Bonchev–Trinajstić information content (AvgIpc) is 2.40. The average molecular weight is 279 g/mol. The van der Waals surface area contributed by atoms with Crippen LogP contribution in [0.5, 0.6) is 0 Å². The number of aromatic amines is 1. The van der Waals surface area contributed by atoms with Crippen molar-refractivity contribution in [1.29, 1.82) is 0 Å². The van der Waals surface area contributed by atoms with E-state index >= 15 is 0 Å². The van der Waals surface area contributed by atoms with Crippen molar-refractivity contribution in [3.05, 3.63) is 34.2 Å². The summed E-state index contributed by atoms with van der Waals surface area (Å²) < 4.78 is 0. The van der Waals surface area contributed by atoms with Crippen LogP contribution < -0.4 is 16.6 Å². The molecule has 5 nitrogen and oxygen atoms in total. The summed E-state index contributed by atoms with van der Waals surface area (Å²) in [6, 6.07) is 2.81. The van der Waals surface area contributed by atoms with Gasteiger partial charge >= 0.3 is 0 Å². The number of carbonyl (C=O) groups is 1. The third kappa shape index (κ3) is 3.01. The van der Waals surface area contributed by atoms with Crippen LogP contribution in [0.15, 0.2) is 23.1 Å². The Kier molecular flexibility index (Phi) is 3.99. The van der Waals surface area contributed by atoms with E-state index in [9.17, 15) is 9.59 Å². The number of nitrogens with one attached hydrogen (secondary N) is 2. The van der Waals surface area contributed by atoms with Gasteiger partial charge in [-0.25, -0.2) is 0 Å². The number of pyridine rings is 1. The lowest BCUT2D eigenvalue weighted by Crippen LogP contribution is -2.57. The molecule has 19 heavy (non-hydrogen) atoms. The van der Waals surface area contributed by atoms with Gasteiger partial charge in [0.25, 0.3) is 5.91 Å². The van der Waals surface area contributed by atoms with Gasteiger partial charge in [-0.2, -0.15) is 0 Å². The number of amides is 1. The van der Waals surface area contributed by atoms with Crippen LogP contribution >= 0.6 is 12.2 Å². The first-order valence-corrected chi connectivity index (χ1v) is 6.75. The van der Waals surface area contributed by atoms with E-state index in [1.807, 2.05) is 0 Å². The van der Waals surface area contributed by atoms with Gasteiger partial charge in [0.15, 0.2) is 0 Å². The van der Waals surface area contributed by atoms with Gasteiger partial charge in [-0.15, -0.1) is 0 Å². The Labute approximate surface area is 116 Å². The fourth-order valence-electron chi connectivity index (χ4n) is 2.43. The minimum Gasteiger partial charge on any atom is -0.391 e. The van der Waals surface area contributed by atoms with E-state index in [0.717, 1.165) is 32.1 Å². The normalized spacial score (nSPS) is 17.7. The topological polar surface area (TPSA) is 88.0 Å². The molecule has 6 heteroatoms. The molecule has 1 aromatic heterocycles. The fraction of sp³-hybridized carbons (Fsp3) is 0.462. The predicted octanol–water partition coefficient (Wildman–Crippen LogP) is 1.09. The highest BCUT2D eigenvalue weighted by atomic mass is 32.1. The molecule has 1 heterocycles. The van der Waals surface area contributed by atoms with Crippen molar-refractivity contribution in [2.45, 2.75) is 37.6 Å². The molecule has 0 aromatic carbocycles. The number of carbonyl (C=O) groups excluding carboxylic acids is 1. The maximum atomic E-state index is 12.2. The van der Waals surface area contributed by atoms with Crippen LogP contribution in [-0.2, 0) is 0 Å². The molecule has 0 spiro atoms. The molecular weight excluding hydrogens is 262 g/mol. The first kappa shape index (κ1) is 13.7. The highest BCUT2D eigenvalue weighted by Gasteiger charge is 2.36. The second kappa shape index (κ2) is 5.52. The fourth-order valence-corrected chi connectivity index (χ4v) is 2.68. The lowest BCUT2D eigenvalue weighted by Gasteiger charge is -2.37. The molecule has 1 saturated carbocycles. The number of aromatic nitrogens is 1. The third-order valence-electron chi connectivity index (χ3n) is 3.58. The summed E-state index contributed by atoms with van der Waals surface area (Å²) >= 11 is 5.12. The van der Waals surface area contributed by atoms with Gasteiger partial charge in [-0.1, -0.05) is 31.5 Å². The molecule has 102 valence electrons. The van der Waals surface area contributed by atoms with Gasteiger partial charge in [-0.3, -0.25) is 9.59 Å². The number of nitrogens with two attached hydrogens (primary N) is 1. The van der Waals surface area contributed by atoms with Crippen LogP contribution in [0, 0.1) is 0 Å². The number of hydrogen-bond donors (Lipinski definition) is 3. The quantitative estimate of drug-likeness (QED) is 0.723. The zero-order valence-electron chi connectivity index (χ0n) is 10.6. The SMILES string of the molecule is NC(=S)C1(NC(=O)c2ccc(=O)[nH]c2)CCCCC1. The summed E-state index contributed by atoms with van der Waals surface area (Å²) in [4.78, 5) is 26.0. The minimum atomic E-state index is -0.583. The molecule has 0 unspecified atom stereocenters. The summed E-state index contributed by atoms with van der Waals surface area (Å²) in [5.41, 5.74) is 5.39. The monoisotopic (exact) mass is 279 g/mol. The van der Waals surface area contributed by atoms with E-state index in [1.165, 1.54) is 18.3 Å². The van der Waals surface area contributed by atoms with Crippen molar-refractivity contribution in [3.8, 4) is 0 Å². The molecule has 0 atom stereocenters. The molecule has 0 saturated heterocycles. The number of rotatable bonds is 3. The molecule has 0 aliphatic heterocycles. The van der Waals surface area contributed by atoms with E-state index < -0.39 is 5.54 Å². The van der Waals surface area contributed by atoms with Crippen molar-refractivity contribution < 1.29 is 4.79 Å². The molecular formula is C13H17N3O2S. The summed E-state index contributed by atoms with van der Waals surface area (Å²) in [7, 11) is 0. The first-order valence-electron chi connectivity index (χ1n) is 6.35. The first-order chi connectivity index (χ1) is 9.03. The molecule has 2 rings (SSSR count). The second-order valence-electron chi connectivity index (χ2n) is 4.90. The van der Waals surface area contributed by atoms with Gasteiger partial charge < -0.3 is 16.0 Å². The number of H-pyrrole nitrogens is 1. The maximum absolute atomic E-state index is 12.2. The summed E-state index contributed by atoms with van der Waals surface area (Å²) in [5, 5.41) is 2.94. The van der Waals surface area contributed by atoms with E-state index in [0.29, 0.717) is 10.6 Å². The van der Waals surface area contributed by atoms with E-state index in [4.69, 9.17) is 18.0 Å². The van der Waals surface area contributed by atoms with E-state index in [1.54, 1.807) is 0 Å². The molecule has 1 aliphatic rings. The summed E-state index contributed by atoms with van der Waals surface area (Å²) in [5.74, 6) is -0.258. The van der Waals surface area contributed by atoms with Crippen LogP contribution in [0.25, 0.3) is 0 Å². The lowest BCUT2D eigenvalue weighted by molar-refractivity contribution is 0.0908. The maximum Gasteiger partial charge on any atom is 0.253 e. The zero-order chi connectivity index (χ0) is 13.9.